The Morgan fingerprint density at radius 2 is 2.36 bits per heavy atom. The second-order valence-corrected chi connectivity index (χ2v) is 3.79. The summed E-state index contributed by atoms with van der Waals surface area (Å²) in [6.07, 6.45) is 3.64. The lowest BCUT2D eigenvalue weighted by Gasteiger charge is -2.09. The Hall–Kier alpha value is -1.02. The fourth-order valence-electron chi connectivity index (χ4n) is 1.95. The molecule has 0 saturated carbocycles. The molecule has 0 amide bonds. The lowest BCUT2D eigenvalue weighted by atomic mass is 10.0. The maximum absolute atomic E-state index is 9.59. The van der Waals surface area contributed by atoms with E-state index in [4.69, 9.17) is 4.74 Å². The number of unbranched alkanes of at least 4 members (excludes halogenated alkanes) is 1. The van der Waals surface area contributed by atoms with Crippen molar-refractivity contribution in [2.75, 3.05) is 0 Å². The second-order valence-electron chi connectivity index (χ2n) is 3.79. The quantitative estimate of drug-likeness (QED) is 0.797. The van der Waals surface area contributed by atoms with Gasteiger partial charge in [-0.2, -0.15) is 0 Å². The van der Waals surface area contributed by atoms with Gasteiger partial charge in [0.25, 0.3) is 0 Å². The number of phenolic OH excluding ortho intramolecular Hbond substituents is 1. The second kappa shape index (κ2) is 4.01. The van der Waals surface area contributed by atoms with Crippen LogP contribution in [0.25, 0.3) is 0 Å². The van der Waals surface area contributed by atoms with Crippen molar-refractivity contribution in [1.29, 1.82) is 0 Å². The van der Waals surface area contributed by atoms with Crippen molar-refractivity contribution < 1.29 is 9.84 Å². The van der Waals surface area contributed by atoms with E-state index in [-0.39, 0.29) is 6.10 Å². The molecule has 1 aromatic rings. The van der Waals surface area contributed by atoms with Crippen LogP contribution in [0.15, 0.2) is 18.2 Å². The molecule has 1 aliphatic rings. The van der Waals surface area contributed by atoms with Crippen molar-refractivity contribution >= 4 is 0 Å². The molecule has 2 heteroatoms. The van der Waals surface area contributed by atoms with Gasteiger partial charge in [0.05, 0.1) is 12.7 Å². The predicted octanol–water partition coefficient (Wildman–Crippen LogP) is 3.15. The third-order valence-corrected chi connectivity index (χ3v) is 2.78. The average Bonchev–Trinajstić information content (AvgIpc) is 2.60. The third kappa shape index (κ3) is 1.62. The van der Waals surface area contributed by atoms with E-state index in [2.05, 4.69) is 13.0 Å². The first kappa shape index (κ1) is 9.53. The monoisotopic (exact) mass is 192 g/mol. The predicted molar refractivity (Wildman–Crippen MR) is 55.2 cm³/mol. The normalized spacial score (nSPS) is 19.6. The Labute approximate surface area is 84.5 Å². The molecule has 76 valence electrons. The molecular weight excluding hydrogens is 176 g/mol. The molecule has 1 aliphatic heterocycles. The van der Waals surface area contributed by atoms with Crippen LogP contribution in [0.4, 0.5) is 0 Å². The zero-order chi connectivity index (χ0) is 9.97. The van der Waals surface area contributed by atoms with E-state index in [1.54, 1.807) is 6.07 Å². The summed E-state index contributed by atoms with van der Waals surface area (Å²) in [5.74, 6) is 0.376. The zero-order valence-corrected chi connectivity index (χ0v) is 8.49. The molecule has 0 spiro atoms. The number of hydrogen-bond donors (Lipinski definition) is 1. The SMILES string of the molecule is CCCCC1OCc2c(O)cccc21. The van der Waals surface area contributed by atoms with E-state index in [0.29, 0.717) is 12.4 Å². The van der Waals surface area contributed by atoms with Crippen LogP contribution >= 0.6 is 0 Å². The molecule has 14 heavy (non-hydrogen) atoms. The molecule has 0 radical (unpaired) electrons. The highest BCUT2D eigenvalue weighted by molar-refractivity contribution is 5.41. The van der Waals surface area contributed by atoms with Crippen molar-refractivity contribution in [3.05, 3.63) is 29.3 Å². The fraction of sp³-hybridized carbons (Fsp3) is 0.500. The van der Waals surface area contributed by atoms with E-state index in [1.165, 1.54) is 18.4 Å². The number of aromatic hydroxyl groups is 1. The number of fused-ring (bicyclic) bond motifs is 1. The van der Waals surface area contributed by atoms with Gasteiger partial charge in [0.15, 0.2) is 0 Å². The van der Waals surface area contributed by atoms with E-state index in [9.17, 15) is 5.11 Å². The zero-order valence-electron chi connectivity index (χ0n) is 8.49. The van der Waals surface area contributed by atoms with Gasteiger partial charge >= 0.3 is 0 Å². The first-order chi connectivity index (χ1) is 6.83. The summed E-state index contributed by atoms with van der Waals surface area (Å²) in [7, 11) is 0. The average molecular weight is 192 g/mol. The van der Waals surface area contributed by atoms with Gasteiger partial charge in [-0.05, 0) is 18.1 Å². The number of ether oxygens (including phenoxy) is 1. The summed E-state index contributed by atoms with van der Waals surface area (Å²) in [5, 5.41) is 9.59. The van der Waals surface area contributed by atoms with Crippen LogP contribution in [0.1, 0.15) is 43.4 Å². The molecule has 1 N–H and O–H groups in total. The van der Waals surface area contributed by atoms with Crippen LogP contribution in [0.2, 0.25) is 0 Å². The minimum Gasteiger partial charge on any atom is -0.508 e. The molecule has 2 nitrogen and oxygen atoms in total. The first-order valence-electron chi connectivity index (χ1n) is 5.25. The Morgan fingerprint density at radius 1 is 1.50 bits per heavy atom. The van der Waals surface area contributed by atoms with Gasteiger partial charge in [-0.25, -0.2) is 0 Å². The Morgan fingerprint density at radius 3 is 3.14 bits per heavy atom. The molecule has 0 aromatic heterocycles. The molecule has 2 rings (SSSR count). The van der Waals surface area contributed by atoms with Crippen LogP contribution in [0.5, 0.6) is 5.75 Å². The largest absolute Gasteiger partial charge is 0.508 e. The van der Waals surface area contributed by atoms with Gasteiger partial charge in [0.1, 0.15) is 5.75 Å². The number of benzene rings is 1. The van der Waals surface area contributed by atoms with E-state index >= 15 is 0 Å². The number of hydrogen-bond acceptors (Lipinski definition) is 2. The Kier molecular flexibility index (Phi) is 2.73. The maximum Gasteiger partial charge on any atom is 0.121 e. The smallest absolute Gasteiger partial charge is 0.121 e. The van der Waals surface area contributed by atoms with Crippen LogP contribution in [-0.2, 0) is 11.3 Å². The number of phenols is 1. The third-order valence-electron chi connectivity index (χ3n) is 2.78. The highest BCUT2D eigenvalue weighted by atomic mass is 16.5. The van der Waals surface area contributed by atoms with E-state index < -0.39 is 0 Å². The summed E-state index contributed by atoms with van der Waals surface area (Å²) >= 11 is 0. The van der Waals surface area contributed by atoms with E-state index in [1.807, 2.05) is 6.07 Å². The van der Waals surface area contributed by atoms with E-state index in [0.717, 1.165) is 12.0 Å². The summed E-state index contributed by atoms with van der Waals surface area (Å²) in [5.41, 5.74) is 2.16. The first-order valence-corrected chi connectivity index (χ1v) is 5.25. The minimum atomic E-state index is 0.206. The summed E-state index contributed by atoms with van der Waals surface area (Å²) in [6, 6.07) is 5.68. The van der Waals surface area contributed by atoms with Crippen molar-refractivity contribution in [2.24, 2.45) is 0 Å². The standard InChI is InChI=1S/C12H16O2/c1-2-3-7-12-9-5-4-6-11(13)10(9)8-14-12/h4-6,12-13H,2-3,7-8H2,1H3. The molecule has 1 unspecified atom stereocenters. The lowest BCUT2D eigenvalue weighted by Crippen LogP contribution is -1.95. The topological polar surface area (TPSA) is 29.5 Å². The van der Waals surface area contributed by atoms with Gasteiger partial charge in [-0.1, -0.05) is 31.9 Å². The van der Waals surface area contributed by atoms with Crippen LogP contribution in [-0.4, -0.2) is 5.11 Å². The van der Waals surface area contributed by atoms with Crippen molar-refractivity contribution in [3.8, 4) is 5.75 Å². The molecule has 0 saturated heterocycles. The van der Waals surface area contributed by atoms with Gasteiger partial charge in [-0.15, -0.1) is 0 Å². The van der Waals surface area contributed by atoms with Gasteiger partial charge in [-0.3, -0.25) is 0 Å². The molecule has 0 bridgehead atoms. The summed E-state index contributed by atoms with van der Waals surface area (Å²) in [6.45, 7) is 2.74. The van der Waals surface area contributed by atoms with Gasteiger partial charge in [0, 0.05) is 5.56 Å². The summed E-state index contributed by atoms with van der Waals surface area (Å²) in [4.78, 5) is 0. The highest BCUT2D eigenvalue weighted by Crippen LogP contribution is 2.38. The maximum atomic E-state index is 9.59. The van der Waals surface area contributed by atoms with Gasteiger partial charge < -0.3 is 9.84 Å². The van der Waals surface area contributed by atoms with Crippen LogP contribution in [0.3, 0.4) is 0 Å². The molecule has 0 aliphatic carbocycles. The Bertz CT molecular complexity index is 320. The summed E-state index contributed by atoms with van der Waals surface area (Å²) < 4.78 is 5.65. The fourth-order valence-corrected chi connectivity index (χ4v) is 1.95. The molecule has 1 heterocycles. The number of rotatable bonds is 3. The van der Waals surface area contributed by atoms with Crippen molar-refractivity contribution in [2.45, 2.75) is 38.9 Å². The molecular formula is C12H16O2. The Balaban J connectivity index is 2.18. The molecule has 1 atom stereocenters. The van der Waals surface area contributed by atoms with Gasteiger partial charge in [0.2, 0.25) is 0 Å². The molecule has 0 fully saturated rings. The minimum absolute atomic E-state index is 0.206. The van der Waals surface area contributed by atoms with Crippen molar-refractivity contribution in [1.82, 2.24) is 0 Å². The highest BCUT2D eigenvalue weighted by Gasteiger charge is 2.24. The van der Waals surface area contributed by atoms with Crippen LogP contribution in [0, 0.1) is 0 Å². The van der Waals surface area contributed by atoms with Crippen LogP contribution < -0.4 is 0 Å². The lowest BCUT2D eigenvalue weighted by molar-refractivity contribution is 0.0581. The van der Waals surface area contributed by atoms with Crippen molar-refractivity contribution in [3.63, 3.8) is 0 Å². The molecule has 1 aromatic carbocycles.